The van der Waals surface area contributed by atoms with Gasteiger partial charge in [0.1, 0.15) is 23.1 Å². The van der Waals surface area contributed by atoms with Gasteiger partial charge in [0.2, 0.25) is 0 Å². The zero-order chi connectivity index (χ0) is 13.7. The molecule has 3 heterocycles. The highest BCUT2D eigenvalue weighted by atomic mass is 16.3. The Hall–Kier alpha value is -1.88. The second-order valence-corrected chi connectivity index (χ2v) is 5.69. The van der Waals surface area contributed by atoms with Crippen LogP contribution in [0.5, 0.6) is 0 Å². The molecule has 104 valence electrons. The van der Waals surface area contributed by atoms with Crippen molar-refractivity contribution in [2.45, 2.75) is 44.8 Å². The van der Waals surface area contributed by atoms with Crippen molar-refractivity contribution >= 4 is 22.1 Å². The molecule has 0 saturated heterocycles. The van der Waals surface area contributed by atoms with Crippen molar-refractivity contribution in [1.29, 1.82) is 0 Å². The normalized spacial score (nSPS) is 18.3. The molecule has 3 aromatic rings. The zero-order valence-electron chi connectivity index (χ0n) is 11.5. The fraction of sp³-hybridized carbons (Fsp3) is 0.467. The van der Waals surface area contributed by atoms with Crippen molar-refractivity contribution in [3.05, 3.63) is 24.3 Å². The van der Waals surface area contributed by atoms with Gasteiger partial charge in [0.15, 0.2) is 0 Å². The summed E-state index contributed by atoms with van der Waals surface area (Å²) >= 11 is 0. The quantitative estimate of drug-likeness (QED) is 0.752. The third-order valence-electron chi connectivity index (χ3n) is 4.33. The number of fused-ring (bicyclic) bond motifs is 3. The van der Waals surface area contributed by atoms with Crippen LogP contribution >= 0.6 is 0 Å². The van der Waals surface area contributed by atoms with Crippen molar-refractivity contribution in [1.82, 2.24) is 19.5 Å². The van der Waals surface area contributed by atoms with E-state index in [9.17, 15) is 5.11 Å². The van der Waals surface area contributed by atoms with Gasteiger partial charge in [-0.1, -0.05) is 12.8 Å². The molecule has 3 aromatic heterocycles. The molecule has 0 amide bonds. The number of hydrogen-bond donors (Lipinski definition) is 2. The van der Waals surface area contributed by atoms with Gasteiger partial charge in [-0.05, 0) is 25.8 Å². The fourth-order valence-corrected chi connectivity index (χ4v) is 3.44. The summed E-state index contributed by atoms with van der Waals surface area (Å²) in [5, 5.41) is 11.2. The standard InChI is InChI=1S/C15H18N4O/c1-9(20)15-18-12-8-17-14-11(6-7-16-14)13(12)19(15)10-4-2-3-5-10/h6-10,20H,2-5H2,1H3,(H,16,17)/t9-/m1/s1. The van der Waals surface area contributed by atoms with Crippen LogP contribution in [0.1, 0.15) is 50.6 Å². The highest BCUT2D eigenvalue weighted by Gasteiger charge is 2.25. The lowest BCUT2D eigenvalue weighted by Gasteiger charge is -2.17. The van der Waals surface area contributed by atoms with E-state index in [2.05, 4.69) is 19.5 Å². The molecule has 1 saturated carbocycles. The van der Waals surface area contributed by atoms with Crippen LogP contribution in [0, 0.1) is 0 Å². The van der Waals surface area contributed by atoms with Crippen molar-refractivity contribution in [3.8, 4) is 0 Å². The lowest BCUT2D eigenvalue weighted by molar-refractivity contribution is 0.181. The first-order valence-electron chi connectivity index (χ1n) is 7.27. The Bertz CT molecular complexity index is 765. The maximum Gasteiger partial charge on any atom is 0.139 e. The molecule has 0 unspecified atom stereocenters. The number of H-pyrrole nitrogens is 1. The number of aliphatic hydroxyl groups is 1. The first-order chi connectivity index (χ1) is 9.75. The van der Waals surface area contributed by atoms with Gasteiger partial charge in [0, 0.05) is 17.6 Å². The maximum absolute atomic E-state index is 10.1. The van der Waals surface area contributed by atoms with Crippen LogP contribution in [0.4, 0.5) is 0 Å². The molecule has 2 N–H and O–H groups in total. The van der Waals surface area contributed by atoms with Gasteiger partial charge < -0.3 is 14.7 Å². The number of imidazole rings is 1. The van der Waals surface area contributed by atoms with Crippen molar-refractivity contribution < 1.29 is 5.11 Å². The summed E-state index contributed by atoms with van der Waals surface area (Å²) in [6.07, 6.45) is 7.99. The average molecular weight is 270 g/mol. The number of nitrogens with zero attached hydrogens (tertiary/aromatic N) is 3. The van der Waals surface area contributed by atoms with E-state index in [0.29, 0.717) is 6.04 Å². The lowest BCUT2D eigenvalue weighted by atomic mass is 10.2. The summed E-state index contributed by atoms with van der Waals surface area (Å²) in [5.74, 6) is 0.766. The van der Waals surface area contributed by atoms with Crippen LogP contribution in [-0.2, 0) is 0 Å². The Kier molecular flexibility index (Phi) is 2.57. The monoisotopic (exact) mass is 270 g/mol. The second kappa shape index (κ2) is 4.31. The van der Waals surface area contributed by atoms with E-state index in [0.717, 1.165) is 27.9 Å². The molecule has 0 spiro atoms. The Morgan fingerprint density at radius 3 is 2.95 bits per heavy atom. The van der Waals surface area contributed by atoms with E-state index in [-0.39, 0.29) is 0 Å². The fourth-order valence-electron chi connectivity index (χ4n) is 3.44. The van der Waals surface area contributed by atoms with Gasteiger partial charge in [-0.3, -0.25) is 0 Å². The number of pyridine rings is 1. The second-order valence-electron chi connectivity index (χ2n) is 5.69. The minimum absolute atomic E-state index is 0.449. The SMILES string of the molecule is C[C@@H](O)c1nc2cnc3[nH]ccc3c2n1C1CCCC1. The summed E-state index contributed by atoms with van der Waals surface area (Å²) in [6, 6.07) is 2.49. The highest BCUT2D eigenvalue weighted by molar-refractivity contribution is 6.01. The first-order valence-corrected chi connectivity index (χ1v) is 7.27. The Morgan fingerprint density at radius 1 is 1.40 bits per heavy atom. The van der Waals surface area contributed by atoms with Crippen LogP contribution in [0.25, 0.3) is 22.1 Å². The molecule has 0 bridgehead atoms. The van der Waals surface area contributed by atoms with Crippen LogP contribution in [-0.4, -0.2) is 24.6 Å². The summed E-state index contributed by atoms with van der Waals surface area (Å²) in [5.41, 5.74) is 2.87. The summed E-state index contributed by atoms with van der Waals surface area (Å²) in [7, 11) is 0. The van der Waals surface area contributed by atoms with Crippen molar-refractivity contribution in [3.63, 3.8) is 0 Å². The number of rotatable bonds is 2. The van der Waals surface area contributed by atoms with Gasteiger partial charge in [0.05, 0.1) is 11.7 Å². The lowest BCUT2D eigenvalue weighted by Crippen LogP contribution is -2.11. The Morgan fingerprint density at radius 2 is 2.20 bits per heavy atom. The van der Waals surface area contributed by atoms with Crippen LogP contribution in [0.2, 0.25) is 0 Å². The number of aromatic amines is 1. The predicted octanol–water partition coefficient (Wildman–Crippen LogP) is 3.08. The maximum atomic E-state index is 10.1. The molecule has 20 heavy (non-hydrogen) atoms. The average Bonchev–Trinajstić information content (AvgIpc) is 3.15. The largest absolute Gasteiger partial charge is 0.385 e. The first kappa shape index (κ1) is 11.9. The molecule has 0 aromatic carbocycles. The molecule has 1 atom stereocenters. The van der Waals surface area contributed by atoms with Gasteiger partial charge >= 0.3 is 0 Å². The zero-order valence-corrected chi connectivity index (χ0v) is 11.5. The highest BCUT2D eigenvalue weighted by Crippen LogP contribution is 2.37. The summed E-state index contributed by atoms with van der Waals surface area (Å²) in [6.45, 7) is 1.79. The van der Waals surface area contributed by atoms with E-state index >= 15 is 0 Å². The molecule has 1 fully saturated rings. The molecular formula is C15H18N4O. The number of hydrogen-bond acceptors (Lipinski definition) is 3. The summed E-state index contributed by atoms with van der Waals surface area (Å²) < 4.78 is 2.25. The van der Waals surface area contributed by atoms with Crippen LogP contribution in [0.15, 0.2) is 18.5 Å². The van der Waals surface area contributed by atoms with Crippen LogP contribution < -0.4 is 0 Å². The smallest absolute Gasteiger partial charge is 0.139 e. The molecule has 1 aliphatic carbocycles. The van der Waals surface area contributed by atoms with Gasteiger partial charge in [0.25, 0.3) is 0 Å². The topological polar surface area (TPSA) is 66.7 Å². The molecule has 5 heteroatoms. The minimum atomic E-state index is -0.558. The minimum Gasteiger partial charge on any atom is -0.385 e. The number of aromatic nitrogens is 4. The van der Waals surface area contributed by atoms with Crippen LogP contribution in [0.3, 0.4) is 0 Å². The van der Waals surface area contributed by atoms with E-state index in [1.807, 2.05) is 12.3 Å². The number of nitrogens with one attached hydrogen (secondary N) is 1. The molecule has 4 rings (SSSR count). The third-order valence-corrected chi connectivity index (χ3v) is 4.33. The Balaban J connectivity index is 2.08. The molecular weight excluding hydrogens is 252 g/mol. The van der Waals surface area contributed by atoms with Gasteiger partial charge in [-0.15, -0.1) is 0 Å². The van der Waals surface area contributed by atoms with Crippen molar-refractivity contribution in [2.75, 3.05) is 0 Å². The van der Waals surface area contributed by atoms with Crippen molar-refractivity contribution in [2.24, 2.45) is 0 Å². The third kappa shape index (κ3) is 1.59. The Labute approximate surface area is 116 Å². The van der Waals surface area contributed by atoms with E-state index in [4.69, 9.17) is 0 Å². The molecule has 1 aliphatic rings. The van der Waals surface area contributed by atoms with Gasteiger partial charge in [-0.25, -0.2) is 9.97 Å². The molecule has 5 nitrogen and oxygen atoms in total. The van der Waals surface area contributed by atoms with E-state index < -0.39 is 6.10 Å². The predicted molar refractivity (Wildman–Crippen MR) is 77.5 cm³/mol. The van der Waals surface area contributed by atoms with Gasteiger partial charge in [-0.2, -0.15) is 0 Å². The number of aliphatic hydroxyl groups excluding tert-OH is 1. The molecule has 0 radical (unpaired) electrons. The van der Waals surface area contributed by atoms with E-state index in [1.54, 1.807) is 13.1 Å². The van der Waals surface area contributed by atoms with E-state index in [1.165, 1.54) is 25.7 Å². The molecule has 0 aliphatic heterocycles. The summed E-state index contributed by atoms with van der Waals surface area (Å²) in [4.78, 5) is 12.2.